The minimum Gasteiger partial charge on any atom is -0.395 e. The van der Waals surface area contributed by atoms with E-state index in [1.165, 1.54) is 17.0 Å². The molecule has 0 aromatic heterocycles. The van der Waals surface area contributed by atoms with E-state index in [2.05, 4.69) is 11.8 Å². The molecule has 2 rings (SSSR count). The summed E-state index contributed by atoms with van der Waals surface area (Å²) in [5.41, 5.74) is 0.294. The maximum atomic E-state index is 13.8. The van der Waals surface area contributed by atoms with Crippen molar-refractivity contribution in [1.82, 2.24) is 4.90 Å². The molecule has 1 aromatic rings. The topological polar surface area (TPSA) is 81.0 Å². The second-order valence-electron chi connectivity index (χ2n) is 4.81. The molecule has 6 heteroatoms. The molecule has 21 heavy (non-hydrogen) atoms. The lowest BCUT2D eigenvalue weighted by atomic mass is 10.1. The van der Waals surface area contributed by atoms with Gasteiger partial charge in [0.25, 0.3) is 5.91 Å². The van der Waals surface area contributed by atoms with Gasteiger partial charge in [-0.3, -0.25) is 4.79 Å². The fourth-order valence-corrected chi connectivity index (χ4v) is 2.08. The fourth-order valence-electron chi connectivity index (χ4n) is 2.08. The molecule has 2 unspecified atom stereocenters. The standard InChI is InChI=1S/C15H16FNO4/c16-12-7-11(5-4-10(12)3-1-2-6-18)15(21)17-8-13(19)14(20)9-17/h4-5,7,13-14,18-20H,2,6,8-9H2. The lowest BCUT2D eigenvalue weighted by molar-refractivity contribution is 0.0572. The van der Waals surface area contributed by atoms with Gasteiger partial charge in [-0.25, -0.2) is 4.39 Å². The summed E-state index contributed by atoms with van der Waals surface area (Å²) in [6, 6.07) is 3.93. The fraction of sp³-hybridized carbons (Fsp3) is 0.400. The van der Waals surface area contributed by atoms with Crippen molar-refractivity contribution in [3.63, 3.8) is 0 Å². The number of carbonyl (C=O) groups excluding carboxylic acids is 1. The Morgan fingerprint density at radius 2 is 2.00 bits per heavy atom. The van der Waals surface area contributed by atoms with Gasteiger partial charge in [-0.15, -0.1) is 0 Å². The predicted octanol–water partition coefficient (Wildman–Crippen LogP) is -0.263. The maximum Gasteiger partial charge on any atom is 0.254 e. The zero-order chi connectivity index (χ0) is 15.4. The lowest BCUT2D eigenvalue weighted by Crippen LogP contribution is -2.29. The number of benzene rings is 1. The number of aliphatic hydroxyl groups excluding tert-OH is 3. The molecule has 0 saturated carbocycles. The van der Waals surface area contributed by atoms with Crippen molar-refractivity contribution in [2.75, 3.05) is 19.7 Å². The van der Waals surface area contributed by atoms with Crippen molar-refractivity contribution >= 4 is 5.91 Å². The molecule has 1 amide bonds. The van der Waals surface area contributed by atoms with E-state index in [9.17, 15) is 19.4 Å². The molecular weight excluding hydrogens is 277 g/mol. The van der Waals surface area contributed by atoms with Crippen LogP contribution >= 0.6 is 0 Å². The highest BCUT2D eigenvalue weighted by atomic mass is 19.1. The average Bonchev–Trinajstić information content (AvgIpc) is 2.80. The highest BCUT2D eigenvalue weighted by Crippen LogP contribution is 2.16. The molecule has 2 atom stereocenters. The first kappa shape index (κ1) is 15.4. The molecule has 0 bridgehead atoms. The molecule has 1 aliphatic rings. The Kier molecular flexibility index (Phi) is 4.91. The highest BCUT2D eigenvalue weighted by Gasteiger charge is 2.33. The summed E-state index contributed by atoms with van der Waals surface area (Å²) in [5.74, 6) is 4.12. The smallest absolute Gasteiger partial charge is 0.254 e. The van der Waals surface area contributed by atoms with E-state index >= 15 is 0 Å². The number of carbonyl (C=O) groups is 1. The van der Waals surface area contributed by atoms with Crippen molar-refractivity contribution in [1.29, 1.82) is 0 Å². The monoisotopic (exact) mass is 293 g/mol. The van der Waals surface area contributed by atoms with Crippen LogP contribution in [-0.2, 0) is 0 Å². The zero-order valence-electron chi connectivity index (χ0n) is 11.3. The number of β-amino-alcohol motifs (C(OH)–C–C–N with tert-alkyl or cyclic N) is 2. The first-order valence-electron chi connectivity index (χ1n) is 6.57. The molecule has 1 aromatic carbocycles. The first-order chi connectivity index (χ1) is 10.0. The second-order valence-corrected chi connectivity index (χ2v) is 4.81. The minimum absolute atomic E-state index is 0.0275. The zero-order valence-corrected chi connectivity index (χ0v) is 11.3. The third-order valence-electron chi connectivity index (χ3n) is 3.22. The van der Waals surface area contributed by atoms with Crippen molar-refractivity contribution in [3.05, 3.63) is 35.1 Å². The van der Waals surface area contributed by atoms with E-state index < -0.39 is 23.9 Å². The van der Waals surface area contributed by atoms with Crippen LogP contribution in [0.2, 0.25) is 0 Å². The van der Waals surface area contributed by atoms with E-state index in [0.29, 0.717) is 0 Å². The summed E-state index contributed by atoms with van der Waals surface area (Å²) >= 11 is 0. The maximum absolute atomic E-state index is 13.8. The van der Waals surface area contributed by atoms with Crippen molar-refractivity contribution < 1.29 is 24.5 Å². The van der Waals surface area contributed by atoms with Crippen LogP contribution in [0.25, 0.3) is 0 Å². The van der Waals surface area contributed by atoms with Gasteiger partial charge < -0.3 is 20.2 Å². The second kappa shape index (κ2) is 6.68. The molecule has 5 nitrogen and oxygen atoms in total. The van der Waals surface area contributed by atoms with Crippen molar-refractivity contribution in [3.8, 4) is 11.8 Å². The van der Waals surface area contributed by atoms with Gasteiger partial charge in [0.05, 0.1) is 24.4 Å². The van der Waals surface area contributed by atoms with Gasteiger partial charge in [0.1, 0.15) is 5.82 Å². The molecular formula is C15H16FNO4. The van der Waals surface area contributed by atoms with Gasteiger partial charge in [0.2, 0.25) is 0 Å². The van der Waals surface area contributed by atoms with Crippen LogP contribution in [0, 0.1) is 17.7 Å². The van der Waals surface area contributed by atoms with Gasteiger partial charge >= 0.3 is 0 Å². The van der Waals surface area contributed by atoms with Crippen LogP contribution < -0.4 is 0 Å². The van der Waals surface area contributed by atoms with Gasteiger partial charge in [-0.1, -0.05) is 11.8 Å². The van der Waals surface area contributed by atoms with Crippen LogP contribution in [0.15, 0.2) is 18.2 Å². The first-order valence-corrected chi connectivity index (χ1v) is 6.57. The average molecular weight is 293 g/mol. The van der Waals surface area contributed by atoms with Gasteiger partial charge in [0, 0.05) is 25.1 Å². The normalized spacial score (nSPS) is 21.0. The molecule has 112 valence electrons. The Bertz CT molecular complexity index is 583. The van der Waals surface area contributed by atoms with Gasteiger partial charge in [0.15, 0.2) is 0 Å². The lowest BCUT2D eigenvalue weighted by Gasteiger charge is -2.15. The summed E-state index contributed by atoms with van der Waals surface area (Å²) in [4.78, 5) is 13.4. The molecule has 3 N–H and O–H groups in total. The molecule has 1 saturated heterocycles. The summed E-state index contributed by atoms with van der Waals surface area (Å²) in [7, 11) is 0. The van der Waals surface area contributed by atoms with E-state index in [0.717, 1.165) is 6.07 Å². The Hall–Kier alpha value is -1.94. The Morgan fingerprint density at radius 1 is 1.33 bits per heavy atom. The van der Waals surface area contributed by atoms with E-state index in [1.807, 2.05) is 0 Å². The Morgan fingerprint density at radius 3 is 2.57 bits per heavy atom. The SMILES string of the molecule is O=C(c1ccc(C#CCCO)c(F)c1)N1CC(O)C(O)C1. The number of hydrogen-bond acceptors (Lipinski definition) is 4. The van der Waals surface area contributed by atoms with Crippen molar-refractivity contribution in [2.45, 2.75) is 18.6 Å². The minimum atomic E-state index is -0.970. The van der Waals surface area contributed by atoms with Gasteiger partial charge in [-0.05, 0) is 18.2 Å². The third-order valence-corrected chi connectivity index (χ3v) is 3.22. The van der Waals surface area contributed by atoms with Crippen LogP contribution in [0.3, 0.4) is 0 Å². The number of hydrogen-bond donors (Lipinski definition) is 3. The number of rotatable bonds is 2. The number of amides is 1. The third kappa shape index (κ3) is 3.58. The van der Waals surface area contributed by atoms with Crippen LogP contribution in [-0.4, -0.2) is 58.0 Å². The predicted molar refractivity (Wildman–Crippen MR) is 72.9 cm³/mol. The summed E-state index contributed by atoms with van der Waals surface area (Å²) in [6.07, 6.45) is -1.69. The van der Waals surface area contributed by atoms with E-state index in [-0.39, 0.29) is 37.2 Å². The number of nitrogens with zero attached hydrogens (tertiary/aromatic N) is 1. The molecule has 0 aliphatic carbocycles. The van der Waals surface area contributed by atoms with Crippen LogP contribution in [0.4, 0.5) is 4.39 Å². The largest absolute Gasteiger partial charge is 0.395 e. The number of halogens is 1. The quantitative estimate of drug-likeness (QED) is 0.656. The molecule has 0 spiro atoms. The highest BCUT2D eigenvalue weighted by molar-refractivity contribution is 5.94. The Balaban J connectivity index is 2.13. The summed E-state index contributed by atoms with van der Waals surface area (Å²) < 4.78 is 13.8. The van der Waals surface area contributed by atoms with Crippen LogP contribution in [0.1, 0.15) is 22.3 Å². The number of likely N-dealkylation sites (tertiary alicyclic amines) is 1. The molecule has 0 radical (unpaired) electrons. The molecule has 1 heterocycles. The summed E-state index contributed by atoms with van der Waals surface area (Å²) in [5, 5.41) is 27.5. The van der Waals surface area contributed by atoms with Gasteiger partial charge in [-0.2, -0.15) is 0 Å². The molecule has 1 fully saturated rings. The van der Waals surface area contributed by atoms with E-state index in [4.69, 9.17) is 5.11 Å². The summed E-state index contributed by atoms with van der Waals surface area (Å²) in [6.45, 7) is -0.0375. The Labute approximate surface area is 121 Å². The van der Waals surface area contributed by atoms with E-state index in [1.54, 1.807) is 0 Å². The number of aliphatic hydroxyl groups is 3. The molecule has 1 aliphatic heterocycles. The van der Waals surface area contributed by atoms with Crippen LogP contribution in [0.5, 0.6) is 0 Å². The van der Waals surface area contributed by atoms with Crippen molar-refractivity contribution in [2.24, 2.45) is 0 Å².